The van der Waals surface area contributed by atoms with Crippen molar-refractivity contribution in [3.05, 3.63) is 34.9 Å². The quantitative estimate of drug-likeness (QED) is 0.822. The lowest BCUT2D eigenvalue weighted by Gasteiger charge is -2.37. The Morgan fingerprint density at radius 3 is 2.76 bits per heavy atom. The summed E-state index contributed by atoms with van der Waals surface area (Å²) in [6.07, 6.45) is 2.26. The highest BCUT2D eigenvalue weighted by Gasteiger charge is 2.35. The third kappa shape index (κ3) is 2.53. The van der Waals surface area contributed by atoms with Gasteiger partial charge in [-0.15, -0.1) is 0 Å². The van der Waals surface area contributed by atoms with Crippen molar-refractivity contribution in [2.45, 2.75) is 39.2 Å². The van der Waals surface area contributed by atoms with Crippen molar-refractivity contribution in [3.63, 3.8) is 0 Å². The topological polar surface area (TPSA) is 32.3 Å². The molecule has 2 N–H and O–H groups in total. The van der Waals surface area contributed by atoms with Gasteiger partial charge in [-0.1, -0.05) is 23.8 Å². The maximum absolute atomic E-state index is 10.9. The second-order valence-electron chi connectivity index (χ2n) is 5.51. The first kappa shape index (κ1) is 12.6. The van der Waals surface area contributed by atoms with Crippen LogP contribution in [0.2, 0.25) is 0 Å². The molecule has 1 fully saturated rings. The Balaban J connectivity index is 2.32. The van der Waals surface area contributed by atoms with E-state index in [1.807, 2.05) is 6.92 Å². The molecule has 0 saturated carbocycles. The molecular formula is C15H23NO. The first-order valence-corrected chi connectivity index (χ1v) is 6.52. The molecule has 94 valence electrons. The van der Waals surface area contributed by atoms with E-state index in [0.717, 1.165) is 31.5 Å². The number of benzene rings is 1. The van der Waals surface area contributed by atoms with E-state index in [-0.39, 0.29) is 0 Å². The minimum Gasteiger partial charge on any atom is -0.385 e. The number of aliphatic hydroxyl groups is 1. The fourth-order valence-electron chi connectivity index (χ4n) is 2.83. The van der Waals surface area contributed by atoms with Crippen molar-refractivity contribution in [3.8, 4) is 0 Å². The monoisotopic (exact) mass is 233 g/mol. The Hall–Kier alpha value is -0.860. The fraction of sp³-hybridized carbons (Fsp3) is 0.600. The predicted octanol–water partition coefficient (Wildman–Crippen LogP) is 2.51. The number of hydrogen-bond donors (Lipinski definition) is 2. The summed E-state index contributed by atoms with van der Waals surface area (Å²) in [6.45, 7) is 8.13. The van der Waals surface area contributed by atoms with Gasteiger partial charge in [0, 0.05) is 12.5 Å². The van der Waals surface area contributed by atoms with E-state index in [2.05, 4.69) is 37.4 Å². The molecule has 0 radical (unpaired) electrons. The molecule has 2 nitrogen and oxygen atoms in total. The summed E-state index contributed by atoms with van der Waals surface area (Å²) >= 11 is 0. The summed E-state index contributed by atoms with van der Waals surface area (Å²) < 4.78 is 0. The van der Waals surface area contributed by atoms with Crippen molar-refractivity contribution in [1.29, 1.82) is 0 Å². The minimum absolute atomic E-state index is 0.316. The Morgan fingerprint density at radius 2 is 2.12 bits per heavy atom. The van der Waals surface area contributed by atoms with E-state index in [1.54, 1.807) is 0 Å². The highest BCUT2D eigenvalue weighted by molar-refractivity contribution is 5.35. The van der Waals surface area contributed by atoms with E-state index in [1.165, 1.54) is 11.1 Å². The molecule has 17 heavy (non-hydrogen) atoms. The van der Waals surface area contributed by atoms with Crippen molar-refractivity contribution < 1.29 is 5.11 Å². The average Bonchev–Trinajstić information content (AvgIpc) is 2.33. The molecule has 1 heterocycles. The summed E-state index contributed by atoms with van der Waals surface area (Å²) in [6, 6.07) is 6.34. The summed E-state index contributed by atoms with van der Waals surface area (Å²) in [7, 11) is 0. The van der Waals surface area contributed by atoms with Gasteiger partial charge in [0.15, 0.2) is 0 Å². The lowest BCUT2D eigenvalue weighted by atomic mass is 9.77. The van der Waals surface area contributed by atoms with Crippen LogP contribution in [-0.4, -0.2) is 18.2 Å². The van der Waals surface area contributed by atoms with Gasteiger partial charge in [-0.05, 0) is 51.3 Å². The first-order chi connectivity index (χ1) is 8.01. The SMILES string of the molecule is Cc1ccc(C)c(C(C)(O)C2CCCNC2)c1. The molecule has 2 heteroatoms. The van der Waals surface area contributed by atoms with Crippen LogP contribution in [0.25, 0.3) is 0 Å². The molecule has 0 aromatic heterocycles. The van der Waals surface area contributed by atoms with E-state index in [9.17, 15) is 5.11 Å². The Kier molecular flexibility index (Phi) is 3.55. The standard InChI is InChI=1S/C15H23NO/c1-11-6-7-12(2)14(9-11)15(3,17)13-5-4-8-16-10-13/h6-7,9,13,16-17H,4-5,8,10H2,1-3H3. The maximum atomic E-state index is 10.9. The van der Waals surface area contributed by atoms with E-state index in [4.69, 9.17) is 0 Å². The zero-order valence-electron chi connectivity index (χ0n) is 11.1. The van der Waals surface area contributed by atoms with Gasteiger partial charge < -0.3 is 10.4 Å². The normalized spacial score (nSPS) is 24.4. The van der Waals surface area contributed by atoms with Gasteiger partial charge in [0.05, 0.1) is 5.60 Å². The predicted molar refractivity (Wildman–Crippen MR) is 71.1 cm³/mol. The Bertz CT molecular complexity index is 392. The molecule has 0 aliphatic carbocycles. The number of nitrogens with one attached hydrogen (secondary N) is 1. The van der Waals surface area contributed by atoms with Crippen molar-refractivity contribution in [2.75, 3.05) is 13.1 Å². The number of rotatable bonds is 2. The average molecular weight is 233 g/mol. The second-order valence-corrected chi connectivity index (χ2v) is 5.51. The van der Waals surface area contributed by atoms with Crippen LogP contribution in [0.5, 0.6) is 0 Å². The van der Waals surface area contributed by atoms with Gasteiger partial charge in [0.2, 0.25) is 0 Å². The van der Waals surface area contributed by atoms with Crippen LogP contribution in [0.4, 0.5) is 0 Å². The highest BCUT2D eigenvalue weighted by Crippen LogP contribution is 2.35. The first-order valence-electron chi connectivity index (χ1n) is 6.52. The molecule has 2 unspecified atom stereocenters. The third-order valence-corrected chi connectivity index (χ3v) is 4.03. The molecule has 2 rings (SSSR count). The number of hydrogen-bond acceptors (Lipinski definition) is 2. The van der Waals surface area contributed by atoms with Gasteiger partial charge in [0.25, 0.3) is 0 Å². The van der Waals surface area contributed by atoms with Gasteiger partial charge in [-0.2, -0.15) is 0 Å². The number of aryl methyl sites for hydroxylation is 2. The summed E-state index contributed by atoms with van der Waals surface area (Å²) in [5.74, 6) is 0.316. The summed E-state index contributed by atoms with van der Waals surface area (Å²) in [5, 5.41) is 14.3. The molecule has 2 atom stereocenters. The maximum Gasteiger partial charge on any atom is 0.0911 e. The zero-order valence-corrected chi connectivity index (χ0v) is 11.1. The van der Waals surface area contributed by atoms with Crippen LogP contribution in [0.15, 0.2) is 18.2 Å². The second kappa shape index (κ2) is 4.79. The van der Waals surface area contributed by atoms with E-state index < -0.39 is 5.60 Å². The molecule has 0 spiro atoms. The Labute approximate surface area is 104 Å². The molecule has 1 aliphatic heterocycles. The fourth-order valence-corrected chi connectivity index (χ4v) is 2.83. The van der Waals surface area contributed by atoms with E-state index in [0.29, 0.717) is 5.92 Å². The van der Waals surface area contributed by atoms with Crippen LogP contribution < -0.4 is 5.32 Å². The van der Waals surface area contributed by atoms with Crippen molar-refractivity contribution >= 4 is 0 Å². The molecule has 1 aromatic carbocycles. The van der Waals surface area contributed by atoms with Crippen LogP contribution >= 0.6 is 0 Å². The van der Waals surface area contributed by atoms with Crippen LogP contribution in [0.3, 0.4) is 0 Å². The van der Waals surface area contributed by atoms with Crippen molar-refractivity contribution in [2.24, 2.45) is 5.92 Å². The lowest BCUT2D eigenvalue weighted by molar-refractivity contribution is -0.0162. The zero-order chi connectivity index (χ0) is 12.5. The highest BCUT2D eigenvalue weighted by atomic mass is 16.3. The van der Waals surface area contributed by atoms with Crippen LogP contribution in [0, 0.1) is 19.8 Å². The third-order valence-electron chi connectivity index (χ3n) is 4.03. The van der Waals surface area contributed by atoms with Gasteiger partial charge in [-0.3, -0.25) is 0 Å². The lowest BCUT2D eigenvalue weighted by Crippen LogP contribution is -2.42. The van der Waals surface area contributed by atoms with Crippen LogP contribution in [0.1, 0.15) is 36.5 Å². The molecule has 1 saturated heterocycles. The molecule has 1 aromatic rings. The minimum atomic E-state index is -0.719. The molecule has 0 amide bonds. The van der Waals surface area contributed by atoms with Gasteiger partial charge in [-0.25, -0.2) is 0 Å². The summed E-state index contributed by atoms with van der Waals surface area (Å²) in [5.41, 5.74) is 2.77. The Morgan fingerprint density at radius 1 is 1.35 bits per heavy atom. The van der Waals surface area contributed by atoms with E-state index >= 15 is 0 Å². The van der Waals surface area contributed by atoms with Crippen molar-refractivity contribution in [1.82, 2.24) is 5.32 Å². The summed E-state index contributed by atoms with van der Waals surface area (Å²) in [4.78, 5) is 0. The van der Waals surface area contributed by atoms with Gasteiger partial charge >= 0.3 is 0 Å². The molecular weight excluding hydrogens is 210 g/mol. The smallest absolute Gasteiger partial charge is 0.0911 e. The number of piperidine rings is 1. The largest absolute Gasteiger partial charge is 0.385 e. The van der Waals surface area contributed by atoms with Crippen LogP contribution in [-0.2, 0) is 5.60 Å². The molecule has 1 aliphatic rings. The van der Waals surface area contributed by atoms with Gasteiger partial charge in [0.1, 0.15) is 0 Å². The molecule has 0 bridgehead atoms.